The van der Waals surface area contributed by atoms with Gasteiger partial charge in [0.1, 0.15) is 5.75 Å². The zero-order valence-corrected chi connectivity index (χ0v) is 9.46. The molecule has 2 rings (SSSR count). The first-order valence-corrected chi connectivity index (χ1v) is 5.28. The van der Waals surface area contributed by atoms with Crippen molar-refractivity contribution in [3.05, 3.63) is 42.0 Å². The molecule has 0 radical (unpaired) electrons. The average Bonchev–Trinajstić information content (AvgIpc) is 2.29. The lowest BCUT2D eigenvalue weighted by molar-refractivity contribution is 0.0697. The number of benzene rings is 2. The van der Waals surface area contributed by atoms with Gasteiger partial charge in [-0.3, -0.25) is 0 Å². The molecule has 2 aromatic rings. The summed E-state index contributed by atoms with van der Waals surface area (Å²) in [5.74, 6) is -0.763. The summed E-state index contributed by atoms with van der Waals surface area (Å²) in [4.78, 5) is 17.6. The first-order valence-electron chi connectivity index (χ1n) is 4.51. The van der Waals surface area contributed by atoms with E-state index in [1.807, 2.05) is 0 Å². The maximum Gasteiger partial charge on any atom is 0.335 e. The molecule has 88 valence electrons. The number of carboxylic acids is 1. The molecule has 0 fully saturated rings. The van der Waals surface area contributed by atoms with Gasteiger partial charge in [0.2, 0.25) is 0 Å². The molecule has 3 N–H and O–H groups in total. The van der Waals surface area contributed by atoms with Crippen LogP contribution in [0.15, 0.2) is 36.4 Å². The molecule has 0 aliphatic rings. The van der Waals surface area contributed by atoms with E-state index in [4.69, 9.17) is 14.6 Å². The van der Waals surface area contributed by atoms with Crippen LogP contribution in [0.5, 0.6) is 5.75 Å². The van der Waals surface area contributed by atoms with Gasteiger partial charge in [-0.25, -0.2) is 9.36 Å². The van der Waals surface area contributed by atoms with Crippen molar-refractivity contribution in [2.45, 2.75) is 0 Å². The highest BCUT2D eigenvalue weighted by Gasteiger charge is 2.03. The minimum atomic E-state index is -0.944. The van der Waals surface area contributed by atoms with E-state index >= 15 is 0 Å². The van der Waals surface area contributed by atoms with E-state index in [1.54, 1.807) is 24.3 Å². The number of phenols is 1. The van der Waals surface area contributed by atoms with Crippen molar-refractivity contribution in [2.24, 2.45) is 0 Å². The molecule has 17 heavy (non-hydrogen) atoms. The zero-order chi connectivity index (χ0) is 12.8. The molecule has 0 aromatic heterocycles. The fourth-order valence-corrected chi connectivity index (χ4v) is 1.37. The first-order chi connectivity index (χ1) is 8.08. The third kappa shape index (κ3) is 3.52. The minimum Gasteiger partial charge on any atom is -0.508 e. The molecule has 0 saturated heterocycles. The van der Waals surface area contributed by atoms with Crippen LogP contribution in [0.4, 0.5) is 0 Å². The molecule has 0 aliphatic carbocycles. The molecular formula is C11H9O5P. The normalized spacial score (nSPS) is 9.71. The highest BCUT2D eigenvalue weighted by atomic mass is 31.1. The van der Waals surface area contributed by atoms with Gasteiger partial charge in [0.05, 0.1) is 5.56 Å². The van der Waals surface area contributed by atoms with Crippen molar-refractivity contribution in [1.82, 2.24) is 0 Å². The Morgan fingerprint density at radius 2 is 1.59 bits per heavy atom. The number of carboxylic acid groups (broad SMARTS) is 1. The molecule has 0 unspecified atom stereocenters. The van der Waals surface area contributed by atoms with Gasteiger partial charge in [0.15, 0.2) is 0 Å². The molecule has 0 aliphatic heterocycles. The molecule has 5 nitrogen and oxygen atoms in total. The van der Waals surface area contributed by atoms with Crippen LogP contribution in [0.2, 0.25) is 0 Å². The maximum absolute atomic E-state index is 10.7. The standard InChI is InChI=1S/C11H8O3.HO2P/c12-10-4-3-7-5-9(11(13)14)2-1-8(7)6-10;1-3-2/h1-6,12H,(H,13,14);(H,1,2). The number of phenolic OH excluding ortho intramolecular Hbond substituents is 1. The summed E-state index contributed by atoms with van der Waals surface area (Å²) in [5, 5.41) is 19.6. The van der Waals surface area contributed by atoms with Gasteiger partial charge in [-0.05, 0) is 35.0 Å². The Hall–Kier alpha value is -1.97. The van der Waals surface area contributed by atoms with Crippen LogP contribution in [0.1, 0.15) is 10.4 Å². The Morgan fingerprint density at radius 3 is 2.18 bits per heavy atom. The summed E-state index contributed by atoms with van der Waals surface area (Å²) in [5.41, 5.74) is 0.253. The molecule has 0 saturated carbocycles. The second kappa shape index (κ2) is 5.94. The van der Waals surface area contributed by atoms with Crippen LogP contribution in [-0.2, 0) is 4.57 Å². The van der Waals surface area contributed by atoms with Crippen LogP contribution < -0.4 is 0 Å². The molecule has 0 spiro atoms. The molecule has 2 aromatic carbocycles. The van der Waals surface area contributed by atoms with E-state index in [-0.39, 0.29) is 11.3 Å². The second-order valence-corrected chi connectivity index (χ2v) is 3.30. The van der Waals surface area contributed by atoms with Gasteiger partial charge < -0.3 is 15.1 Å². The summed E-state index contributed by atoms with van der Waals surface area (Å²) in [6.45, 7) is 0. The van der Waals surface area contributed by atoms with Gasteiger partial charge >= 0.3 is 14.7 Å². The van der Waals surface area contributed by atoms with Crippen molar-refractivity contribution < 1.29 is 24.5 Å². The SMILES string of the molecule is O=C(O)c1ccc2cc(O)ccc2c1.O=PO. The highest BCUT2D eigenvalue weighted by molar-refractivity contribution is 7.16. The third-order valence-corrected chi connectivity index (χ3v) is 2.07. The van der Waals surface area contributed by atoms with Crippen molar-refractivity contribution in [3.63, 3.8) is 0 Å². The van der Waals surface area contributed by atoms with E-state index in [0.29, 0.717) is 0 Å². The van der Waals surface area contributed by atoms with Crippen LogP contribution in [-0.4, -0.2) is 21.1 Å². The first kappa shape index (κ1) is 13.1. The van der Waals surface area contributed by atoms with Crippen LogP contribution in [0.25, 0.3) is 10.8 Å². The van der Waals surface area contributed by atoms with Crippen LogP contribution >= 0.6 is 8.69 Å². The number of aromatic carboxylic acids is 1. The quantitative estimate of drug-likeness (QED) is 0.677. The van der Waals surface area contributed by atoms with Gasteiger partial charge in [-0.2, -0.15) is 0 Å². The summed E-state index contributed by atoms with van der Waals surface area (Å²) < 4.78 is 8.46. The number of rotatable bonds is 1. The average molecular weight is 252 g/mol. The lowest BCUT2D eigenvalue weighted by Gasteiger charge is -2.00. The molecule has 0 amide bonds. The summed E-state index contributed by atoms with van der Waals surface area (Å²) >= 11 is 0. The summed E-state index contributed by atoms with van der Waals surface area (Å²) in [6, 6.07) is 9.60. The van der Waals surface area contributed by atoms with Gasteiger partial charge in [0.25, 0.3) is 0 Å². The second-order valence-electron chi connectivity index (χ2n) is 3.13. The fraction of sp³-hybridized carbons (Fsp3) is 0. The van der Waals surface area contributed by atoms with Crippen molar-refractivity contribution in [3.8, 4) is 5.75 Å². The Kier molecular flexibility index (Phi) is 4.57. The Labute approximate surface area is 98.2 Å². The number of hydrogen-bond donors (Lipinski definition) is 3. The van der Waals surface area contributed by atoms with E-state index < -0.39 is 14.7 Å². The number of fused-ring (bicyclic) bond motifs is 1. The van der Waals surface area contributed by atoms with E-state index in [1.165, 1.54) is 12.1 Å². The van der Waals surface area contributed by atoms with E-state index in [2.05, 4.69) is 0 Å². The Balaban J connectivity index is 0.000000437. The van der Waals surface area contributed by atoms with Crippen LogP contribution in [0, 0.1) is 0 Å². The summed E-state index contributed by atoms with van der Waals surface area (Å²) in [6.07, 6.45) is 0. The van der Waals surface area contributed by atoms with Crippen molar-refractivity contribution in [2.75, 3.05) is 0 Å². The largest absolute Gasteiger partial charge is 0.508 e. The lowest BCUT2D eigenvalue weighted by Crippen LogP contribution is -1.94. The molecule has 6 heteroatoms. The highest BCUT2D eigenvalue weighted by Crippen LogP contribution is 2.20. The number of carbonyl (C=O) groups is 1. The van der Waals surface area contributed by atoms with Gasteiger partial charge in [0, 0.05) is 0 Å². The van der Waals surface area contributed by atoms with Crippen LogP contribution in [0.3, 0.4) is 0 Å². The fourth-order valence-electron chi connectivity index (χ4n) is 1.37. The molecule has 0 heterocycles. The predicted octanol–water partition coefficient (Wildman–Crippen LogP) is 2.43. The molecular weight excluding hydrogens is 243 g/mol. The lowest BCUT2D eigenvalue weighted by atomic mass is 10.1. The van der Waals surface area contributed by atoms with E-state index in [0.717, 1.165) is 10.8 Å². The Morgan fingerprint density at radius 1 is 1.06 bits per heavy atom. The topological polar surface area (TPSA) is 94.8 Å². The number of aromatic hydroxyl groups is 1. The van der Waals surface area contributed by atoms with Crippen molar-refractivity contribution >= 4 is 25.4 Å². The van der Waals surface area contributed by atoms with Gasteiger partial charge in [-0.15, -0.1) is 0 Å². The van der Waals surface area contributed by atoms with Gasteiger partial charge in [-0.1, -0.05) is 12.1 Å². The monoisotopic (exact) mass is 252 g/mol. The molecule has 0 bridgehead atoms. The smallest absolute Gasteiger partial charge is 0.335 e. The predicted molar refractivity (Wildman–Crippen MR) is 62.4 cm³/mol. The zero-order valence-electron chi connectivity index (χ0n) is 8.57. The minimum absolute atomic E-state index is 0.181. The Bertz CT molecular complexity index is 553. The van der Waals surface area contributed by atoms with E-state index in [9.17, 15) is 9.90 Å². The molecule has 0 atom stereocenters. The maximum atomic E-state index is 10.7. The third-order valence-electron chi connectivity index (χ3n) is 2.07. The summed E-state index contributed by atoms with van der Waals surface area (Å²) in [7, 11) is -0.833. The number of hydrogen-bond acceptors (Lipinski definition) is 3. The van der Waals surface area contributed by atoms with Crippen molar-refractivity contribution in [1.29, 1.82) is 0 Å².